The number of ether oxygens (including phenoxy) is 2. The van der Waals surface area contributed by atoms with E-state index in [9.17, 15) is 35.7 Å². The summed E-state index contributed by atoms with van der Waals surface area (Å²) in [6.45, 7) is -0.290. The fourth-order valence-corrected chi connectivity index (χ4v) is 3.15. The third-order valence-corrected chi connectivity index (χ3v) is 4.75. The van der Waals surface area contributed by atoms with Crippen LogP contribution in [0.2, 0.25) is 0 Å². The van der Waals surface area contributed by atoms with Gasteiger partial charge in [0.15, 0.2) is 11.5 Å². The highest BCUT2D eigenvalue weighted by Gasteiger charge is 2.40. The van der Waals surface area contributed by atoms with Gasteiger partial charge in [-0.1, -0.05) is 0 Å². The molecule has 4 atom stereocenters. The Morgan fingerprint density at radius 1 is 0.871 bits per heavy atom. The molecule has 1 aromatic heterocycles. The van der Waals surface area contributed by atoms with Gasteiger partial charge in [0.05, 0.1) is 18.2 Å². The zero-order valence-corrected chi connectivity index (χ0v) is 16.5. The number of fused-ring (bicyclic) bond motifs is 1. The average Bonchev–Trinajstić information content (AvgIpc) is 2.70. The Morgan fingerprint density at radius 3 is 2.32 bits per heavy atom. The van der Waals surface area contributed by atoms with E-state index in [1.54, 1.807) is 0 Å². The second-order valence-corrected chi connectivity index (χ2v) is 6.89. The van der Waals surface area contributed by atoms with Gasteiger partial charge < -0.3 is 57.6 Å². The summed E-state index contributed by atoms with van der Waals surface area (Å²) >= 11 is 0. The van der Waals surface area contributed by atoms with Crippen LogP contribution in [0.15, 0.2) is 40.8 Å². The minimum atomic E-state index is -1.58. The predicted molar refractivity (Wildman–Crippen MR) is 101 cm³/mol. The molecule has 1 aliphatic heterocycles. The lowest BCUT2D eigenvalue weighted by atomic mass is 10.1. The molecule has 31 heavy (non-hydrogen) atoms. The summed E-state index contributed by atoms with van der Waals surface area (Å²) < 4.78 is 16.7. The summed E-state index contributed by atoms with van der Waals surface area (Å²) in [7, 11) is 0. The van der Waals surface area contributed by atoms with Crippen LogP contribution in [0.5, 0.6) is 28.7 Å². The van der Waals surface area contributed by atoms with Crippen LogP contribution in [-0.2, 0) is 4.74 Å². The number of rotatable bonds is 3. The van der Waals surface area contributed by atoms with Gasteiger partial charge >= 0.3 is 11.3 Å². The summed E-state index contributed by atoms with van der Waals surface area (Å²) in [6, 6.07) is 7.56. The average molecular weight is 455 g/mol. The van der Waals surface area contributed by atoms with E-state index in [-0.39, 0.29) is 64.3 Å². The monoisotopic (exact) mass is 454 g/mol. The quantitative estimate of drug-likeness (QED) is 0.174. The van der Waals surface area contributed by atoms with E-state index in [1.165, 1.54) is 30.3 Å². The van der Waals surface area contributed by atoms with Crippen molar-refractivity contribution in [2.75, 3.05) is 6.61 Å². The SMILES string of the molecule is Oc1cc(O)c2cc(OC3OC[C@@H](O)[C@@H](O)[C@@H]3O)c(-c3ccc(O)c(O)c3)[o+]c2c1.[Cl-]. The number of hydrogen-bond acceptors (Lipinski definition) is 9. The Bertz CT molecular complexity index is 1110. The van der Waals surface area contributed by atoms with Crippen LogP contribution < -0.4 is 17.1 Å². The van der Waals surface area contributed by atoms with Gasteiger partial charge in [-0.05, 0) is 12.1 Å². The number of phenols is 4. The number of aliphatic hydroxyl groups excluding tert-OH is 3. The molecular weight excluding hydrogens is 436 g/mol. The van der Waals surface area contributed by atoms with Crippen molar-refractivity contribution in [1.82, 2.24) is 0 Å². The molecule has 0 saturated carbocycles. The van der Waals surface area contributed by atoms with Crippen molar-refractivity contribution in [2.24, 2.45) is 0 Å². The molecule has 1 aliphatic rings. The van der Waals surface area contributed by atoms with E-state index in [4.69, 9.17) is 13.9 Å². The van der Waals surface area contributed by atoms with Crippen molar-refractivity contribution in [3.05, 3.63) is 36.4 Å². The lowest BCUT2D eigenvalue weighted by molar-refractivity contribution is -0.242. The van der Waals surface area contributed by atoms with Crippen LogP contribution in [0.4, 0.5) is 0 Å². The highest BCUT2D eigenvalue weighted by molar-refractivity contribution is 5.88. The molecule has 10 nitrogen and oxygen atoms in total. The summed E-state index contributed by atoms with van der Waals surface area (Å²) in [6.07, 6.45) is -5.76. The van der Waals surface area contributed by atoms with Crippen LogP contribution in [0.25, 0.3) is 22.3 Å². The third kappa shape index (κ3) is 4.24. The van der Waals surface area contributed by atoms with Gasteiger partial charge in [0, 0.05) is 18.2 Å². The Labute approximate surface area is 181 Å². The lowest BCUT2D eigenvalue weighted by Gasteiger charge is -2.34. The lowest BCUT2D eigenvalue weighted by Crippen LogP contribution is -3.00. The molecule has 4 rings (SSSR count). The molecule has 7 N–H and O–H groups in total. The van der Waals surface area contributed by atoms with Crippen molar-refractivity contribution in [3.8, 4) is 40.1 Å². The van der Waals surface area contributed by atoms with Crippen LogP contribution in [0, 0.1) is 0 Å². The second-order valence-electron chi connectivity index (χ2n) is 6.89. The van der Waals surface area contributed by atoms with E-state index in [0.717, 1.165) is 6.07 Å². The molecule has 166 valence electrons. The van der Waals surface area contributed by atoms with E-state index in [2.05, 4.69) is 0 Å². The largest absolute Gasteiger partial charge is 1.00 e. The van der Waals surface area contributed by atoms with Crippen molar-refractivity contribution in [1.29, 1.82) is 0 Å². The predicted octanol–water partition coefficient (Wildman–Crippen LogP) is -1.97. The fraction of sp³-hybridized carbons (Fsp3) is 0.250. The Morgan fingerprint density at radius 2 is 1.61 bits per heavy atom. The van der Waals surface area contributed by atoms with Crippen molar-refractivity contribution in [3.63, 3.8) is 0 Å². The Balaban J connectivity index is 0.00000272. The molecule has 2 aromatic carbocycles. The maximum atomic E-state index is 10.2. The number of aliphatic hydroxyl groups is 3. The van der Waals surface area contributed by atoms with Gasteiger partial charge in [-0.25, -0.2) is 4.42 Å². The van der Waals surface area contributed by atoms with E-state index in [1.807, 2.05) is 0 Å². The normalized spacial score (nSPS) is 23.3. The molecule has 1 fully saturated rings. The smallest absolute Gasteiger partial charge is 0.402 e. The van der Waals surface area contributed by atoms with Crippen LogP contribution in [0.1, 0.15) is 0 Å². The first-order valence-electron chi connectivity index (χ1n) is 8.92. The number of halogens is 1. The van der Waals surface area contributed by atoms with Gasteiger partial charge in [0.1, 0.15) is 35.2 Å². The van der Waals surface area contributed by atoms with Crippen LogP contribution in [0.3, 0.4) is 0 Å². The topological polar surface area (TPSA) is 171 Å². The van der Waals surface area contributed by atoms with Gasteiger partial charge in [-0.3, -0.25) is 0 Å². The highest BCUT2D eigenvalue weighted by atomic mass is 35.5. The molecule has 0 spiro atoms. The molecule has 1 unspecified atom stereocenters. The van der Waals surface area contributed by atoms with Gasteiger partial charge in [-0.15, -0.1) is 0 Å². The highest BCUT2D eigenvalue weighted by Crippen LogP contribution is 2.41. The summed E-state index contributed by atoms with van der Waals surface area (Å²) in [5.41, 5.74) is 0.346. The zero-order valence-electron chi connectivity index (χ0n) is 15.7. The molecule has 11 heteroatoms. The molecule has 0 radical (unpaired) electrons. The van der Waals surface area contributed by atoms with Gasteiger partial charge in [-0.2, -0.15) is 0 Å². The fourth-order valence-electron chi connectivity index (χ4n) is 3.15. The molecule has 0 bridgehead atoms. The number of phenolic OH excluding ortho intramolecular Hbond substituents is 4. The summed E-state index contributed by atoms with van der Waals surface area (Å²) in [5, 5.41) is 69.1. The summed E-state index contributed by atoms with van der Waals surface area (Å²) in [5.74, 6) is -1.37. The molecule has 0 aliphatic carbocycles. The molecule has 0 amide bonds. The molecule has 1 saturated heterocycles. The van der Waals surface area contributed by atoms with Crippen molar-refractivity contribution in [2.45, 2.75) is 24.6 Å². The molecule has 3 aromatic rings. The Hall–Kier alpha value is -3.02. The van der Waals surface area contributed by atoms with E-state index >= 15 is 0 Å². The van der Waals surface area contributed by atoms with Crippen molar-refractivity contribution >= 4 is 11.0 Å². The van der Waals surface area contributed by atoms with E-state index < -0.39 is 30.4 Å². The minimum absolute atomic E-state index is 0. The van der Waals surface area contributed by atoms with Gasteiger partial charge in [0.2, 0.25) is 12.0 Å². The maximum Gasteiger partial charge on any atom is 0.402 e. The number of hydrogen-bond donors (Lipinski definition) is 7. The minimum Gasteiger partial charge on any atom is -1.00 e. The Kier molecular flexibility index (Phi) is 6.30. The van der Waals surface area contributed by atoms with Gasteiger partial charge in [0.25, 0.3) is 0 Å². The number of benzene rings is 2. The third-order valence-electron chi connectivity index (χ3n) is 4.75. The van der Waals surface area contributed by atoms with Crippen molar-refractivity contribution < 1.29 is 62.0 Å². The first kappa shape index (κ1) is 22.7. The summed E-state index contributed by atoms with van der Waals surface area (Å²) in [4.78, 5) is 0. The molecular formula is C20H19ClO10. The number of aromatic hydroxyl groups is 4. The first-order valence-corrected chi connectivity index (χ1v) is 8.92. The van der Waals surface area contributed by atoms with E-state index in [0.29, 0.717) is 0 Å². The van der Waals surface area contributed by atoms with Crippen LogP contribution in [-0.4, -0.2) is 67.0 Å². The van der Waals surface area contributed by atoms with Crippen LogP contribution >= 0.6 is 0 Å². The maximum absolute atomic E-state index is 10.2. The standard InChI is InChI=1S/C20H18O10.ClH/c21-9-4-12(23)10-6-16(30-20-18(27)17(26)14(25)7-28-20)19(29-15(10)5-9)8-1-2-11(22)13(24)3-8;/h1-6,14,17-18,20,25-27H,7H2,(H3-,21,22,23,24);1H/t14-,17-,18+,20?;/m1./s1. The molecule has 2 heterocycles. The first-order chi connectivity index (χ1) is 14.2. The zero-order chi connectivity index (χ0) is 21.6. The second kappa shape index (κ2) is 8.61.